The lowest BCUT2D eigenvalue weighted by Gasteiger charge is -2.34. The molecular weight excluding hydrogens is 316 g/mol. The Morgan fingerprint density at radius 1 is 1.20 bits per heavy atom. The topological polar surface area (TPSA) is 73.4 Å². The molecule has 132 valence electrons. The molecule has 1 aliphatic heterocycles. The van der Waals surface area contributed by atoms with E-state index in [0.29, 0.717) is 6.54 Å². The third kappa shape index (κ3) is 4.45. The lowest BCUT2D eigenvalue weighted by molar-refractivity contribution is 0.251. The molecule has 7 heteroatoms. The van der Waals surface area contributed by atoms with E-state index in [1.54, 1.807) is 24.7 Å². The Morgan fingerprint density at radius 3 is 2.76 bits per heavy atom. The summed E-state index contributed by atoms with van der Waals surface area (Å²) in [6.45, 7) is 6.28. The van der Waals surface area contributed by atoms with Crippen molar-refractivity contribution in [3.63, 3.8) is 0 Å². The molecule has 2 N–H and O–H groups in total. The molecule has 2 aromatic rings. The van der Waals surface area contributed by atoms with Crippen LogP contribution in [0.15, 0.2) is 36.8 Å². The second-order valence-electron chi connectivity index (χ2n) is 6.27. The first kappa shape index (κ1) is 17.2. The molecule has 2 aromatic heterocycles. The van der Waals surface area contributed by atoms with Gasteiger partial charge in [-0.1, -0.05) is 6.07 Å². The molecular formula is C18H24N6O. The van der Waals surface area contributed by atoms with Crippen molar-refractivity contribution >= 4 is 17.5 Å². The number of rotatable bonds is 4. The summed E-state index contributed by atoms with van der Waals surface area (Å²) in [6, 6.07) is 5.47. The normalized spacial score (nSPS) is 15.0. The molecule has 1 fully saturated rings. The Balaban J connectivity index is 1.61. The van der Waals surface area contributed by atoms with Crippen molar-refractivity contribution in [2.24, 2.45) is 0 Å². The largest absolute Gasteiger partial charge is 0.354 e. The number of nitrogens with one attached hydrogen (secondary N) is 2. The first-order chi connectivity index (χ1) is 12.1. The number of aryl methyl sites for hydroxylation is 1. The number of aromatic nitrogens is 2. The maximum Gasteiger partial charge on any atom is 0.319 e. The highest BCUT2D eigenvalue weighted by Crippen LogP contribution is 2.18. The van der Waals surface area contributed by atoms with Crippen LogP contribution in [-0.2, 0) is 6.54 Å². The van der Waals surface area contributed by atoms with Gasteiger partial charge in [-0.25, -0.2) is 9.78 Å². The Morgan fingerprint density at radius 2 is 2.00 bits per heavy atom. The first-order valence-electron chi connectivity index (χ1n) is 8.46. The summed E-state index contributed by atoms with van der Waals surface area (Å²) in [5, 5.41) is 5.77. The number of hydrogen-bond donors (Lipinski definition) is 2. The number of likely N-dealkylation sites (N-methyl/N-ethyl adjacent to an activating group) is 1. The smallest absolute Gasteiger partial charge is 0.319 e. The Hall–Kier alpha value is -2.67. The van der Waals surface area contributed by atoms with Crippen molar-refractivity contribution in [1.29, 1.82) is 0 Å². The van der Waals surface area contributed by atoms with Crippen molar-refractivity contribution in [1.82, 2.24) is 20.2 Å². The summed E-state index contributed by atoms with van der Waals surface area (Å²) in [5.41, 5.74) is 2.71. The van der Waals surface area contributed by atoms with Gasteiger partial charge in [0.1, 0.15) is 5.82 Å². The van der Waals surface area contributed by atoms with E-state index >= 15 is 0 Å². The van der Waals surface area contributed by atoms with Gasteiger partial charge < -0.3 is 20.4 Å². The lowest BCUT2D eigenvalue weighted by Crippen LogP contribution is -2.45. The highest BCUT2D eigenvalue weighted by Gasteiger charge is 2.18. The minimum Gasteiger partial charge on any atom is -0.354 e. The minimum atomic E-state index is -0.234. The molecule has 0 aliphatic carbocycles. The summed E-state index contributed by atoms with van der Waals surface area (Å²) < 4.78 is 0. The fourth-order valence-corrected chi connectivity index (χ4v) is 2.83. The number of carbonyl (C=O) groups excluding carboxylic acids is 1. The number of amides is 2. The standard InChI is InChI=1S/C18H24N6O/c1-14-12-19-7-5-16(14)22-18(25)21-13-15-4-3-6-20-17(15)24-10-8-23(2)9-11-24/h3-7,12H,8-11,13H2,1-2H3,(H2,19,21,22,25). The van der Waals surface area contributed by atoms with E-state index in [2.05, 4.69) is 37.4 Å². The average Bonchev–Trinajstić information content (AvgIpc) is 2.63. The number of anilines is 2. The van der Waals surface area contributed by atoms with Gasteiger partial charge in [0.15, 0.2) is 0 Å². The fraction of sp³-hybridized carbons (Fsp3) is 0.389. The molecule has 0 spiro atoms. The van der Waals surface area contributed by atoms with E-state index in [1.807, 2.05) is 19.1 Å². The monoisotopic (exact) mass is 340 g/mol. The third-order valence-corrected chi connectivity index (χ3v) is 4.38. The molecule has 3 heterocycles. The average molecular weight is 340 g/mol. The second-order valence-corrected chi connectivity index (χ2v) is 6.27. The van der Waals surface area contributed by atoms with Crippen molar-refractivity contribution in [2.75, 3.05) is 43.4 Å². The van der Waals surface area contributed by atoms with Gasteiger partial charge in [0.25, 0.3) is 0 Å². The van der Waals surface area contributed by atoms with E-state index < -0.39 is 0 Å². The van der Waals surface area contributed by atoms with Crippen molar-refractivity contribution in [3.8, 4) is 0 Å². The zero-order valence-electron chi connectivity index (χ0n) is 14.7. The number of piperazine rings is 1. The molecule has 0 atom stereocenters. The predicted molar refractivity (Wildman–Crippen MR) is 98.8 cm³/mol. The maximum atomic E-state index is 12.2. The van der Waals surface area contributed by atoms with E-state index in [4.69, 9.17) is 0 Å². The van der Waals surface area contributed by atoms with Gasteiger partial charge in [0.2, 0.25) is 0 Å². The van der Waals surface area contributed by atoms with Crippen LogP contribution in [0.3, 0.4) is 0 Å². The number of nitrogens with zero attached hydrogens (tertiary/aromatic N) is 4. The van der Waals surface area contributed by atoms with Gasteiger partial charge in [-0.05, 0) is 31.7 Å². The second kappa shape index (κ2) is 7.94. The molecule has 1 saturated heterocycles. The summed E-state index contributed by atoms with van der Waals surface area (Å²) in [4.78, 5) is 25.3. The molecule has 0 unspecified atom stereocenters. The SMILES string of the molecule is Cc1cnccc1NC(=O)NCc1cccnc1N1CCN(C)CC1. The van der Waals surface area contributed by atoms with Crippen molar-refractivity contribution in [2.45, 2.75) is 13.5 Å². The lowest BCUT2D eigenvalue weighted by atomic mass is 10.2. The van der Waals surface area contributed by atoms with Crippen LogP contribution in [0.4, 0.5) is 16.3 Å². The highest BCUT2D eigenvalue weighted by molar-refractivity contribution is 5.89. The number of urea groups is 1. The van der Waals surface area contributed by atoms with Crippen molar-refractivity contribution in [3.05, 3.63) is 47.9 Å². The summed E-state index contributed by atoms with van der Waals surface area (Å²) >= 11 is 0. The van der Waals surface area contributed by atoms with Crippen molar-refractivity contribution < 1.29 is 4.79 Å². The highest BCUT2D eigenvalue weighted by atomic mass is 16.2. The molecule has 2 amide bonds. The number of pyridine rings is 2. The quantitative estimate of drug-likeness (QED) is 0.889. The predicted octanol–water partition coefficient (Wildman–Crippen LogP) is 1.86. The molecule has 0 saturated carbocycles. The van der Waals surface area contributed by atoms with Gasteiger partial charge in [-0.3, -0.25) is 4.98 Å². The van der Waals surface area contributed by atoms with Crippen LogP contribution < -0.4 is 15.5 Å². The third-order valence-electron chi connectivity index (χ3n) is 4.38. The van der Waals surface area contributed by atoms with Crippen LogP contribution in [-0.4, -0.2) is 54.1 Å². The van der Waals surface area contributed by atoms with Gasteiger partial charge in [-0.15, -0.1) is 0 Å². The van der Waals surface area contributed by atoms with Crippen LogP contribution in [0.2, 0.25) is 0 Å². The Labute approximate surface area is 148 Å². The molecule has 3 rings (SSSR count). The molecule has 25 heavy (non-hydrogen) atoms. The summed E-state index contributed by atoms with van der Waals surface area (Å²) in [5.74, 6) is 0.955. The minimum absolute atomic E-state index is 0.234. The van der Waals surface area contributed by atoms with Crippen LogP contribution in [0.1, 0.15) is 11.1 Å². The zero-order chi connectivity index (χ0) is 17.6. The van der Waals surface area contributed by atoms with Gasteiger partial charge in [0, 0.05) is 62.6 Å². The van der Waals surface area contributed by atoms with Gasteiger partial charge in [0.05, 0.1) is 0 Å². The summed E-state index contributed by atoms with van der Waals surface area (Å²) in [6.07, 6.45) is 5.19. The van der Waals surface area contributed by atoms with Crippen LogP contribution in [0, 0.1) is 6.92 Å². The van der Waals surface area contributed by atoms with E-state index in [1.165, 1.54) is 0 Å². The molecule has 7 nitrogen and oxygen atoms in total. The van der Waals surface area contributed by atoms with Crippen LogP contribution in [0.25, 0.3) is 0 Å². The molecule has 0 radical (unpaired) electrons. The van der Waals surface area contributed by atoms with E-state index in [-0.39, 0.29) is 6.03 Å². The maximum absolute atomic E-state index is 12.2. The van der Waals surface area contributed by atoms with Gasteiger partial charge >= 0.3 is 6.03 Å². The van der Waals surface area contributed by atoms with Crippen LogP contribution in [0.5, 0.6) is 0 Å². The Kier molecular flexibility index (Phi) is 5.45. The molecule has 0 bridgehead atoms. The van der Waals surface area contributed by atoms with Crippen LogP contribution >= 0.6 is 0 Å². The van der Waals surface area contributed by atoms with Gasteiger partial charge in [-0.2, -0.15) is 0 Å². The number of carbonyl (C=O) groups is 1. The first-order valence-corrected chi connectivity index (χ1v) is 8.46. The fourth-order valence-electron chi connectivity index (χ4n) is 2.83. The van der Waals surface area contributed by atoms with E-state index in [0.717, 1.165) is 48.8 Å². The zero-order valence-corrected chi connectivity index (χ0v) is 14.7. The number of hydrogen-bond acceptors (Lipinski definition) is 5. The Bertz CT molecular complexity index is 727. The molecule has 1 aliphatic rings. The van der Waals surface area contributed by atoms with E-state index in [9.17, 15) is 4.79 Å². The molecule has 0 aromatic carbocycles. The summed E-state index contributed by atoms with van der Waals surface area (Å²) in [7, 11) is 2.13.